The summed E-state index contributed by atoms with van der Waals surface area (Å²) in [4.78, 5) is 0. The van der Waals surface area contributed by atoms with E-state index in [-0.39, 0.29) is 0 Å². The van der Waals surface area contributed by atoms with Crippen LogP contribution >= 0.6 is 0 Å². The molecule has 0 aliphatic carbocycles. The summed E-state index contributed by atoms with van der Waals surface area (Å²) in [6.07, 6.45) is 2.08. The summed E-state index contributed by atoms with van der Waals surface area (Å²) in [5.41, 5.74) is 2.36. The van der Waals surface area contributed by atoms with Crippen LogP contribution in [0.4, 0.5) is 0 Å². The van der Waals surface area contributed by atoms with Crippen LogP contribution < -0.4 is 5.32 Å². The lowest BCUT2D eigenvalue weighted by Gasteiger charge is -2.07. The zero-order valence-corrected chi connectivity index (χ0v) is 7.88. The molecule has 0 fully saturated rings. The molecule has 0 saturated carbocycles. The lowest BCUT2D eigenvalue weighted by molar-refractivity contribution is 0.466. The molecule has 1 aromatic rings. The van der Waals surface area contributed by atoms with Crippen molar-refractivity contribution < 1.29 is 5.11 Å². The van der Waals surface area contributed by atoms with E-state index in [9.17, 15) is 5.11 Å². The third-order valence-electron chi connectivity index (χ3n) is 2.72. The number of hydrogen-bond donors (Lipinski definition) is 2. The predicted molar refractivity (Wildman–Crippen MR) is 52.7 cm³/mol. The number of hydrogen-bond acceptors (Lipinski definition) is 2. The summed E-state index contributed by atoms with van der Waals surface area (Å²) < 4.78 is 0. The van der Waals surface area contributed by atoms with Gasteiger partial charge in [-0.25, -0.2) is 0 Å². The summed E-state index contributed by atoms with van der Waals surface area (Å²) in [6.45, 7) is 3.06. The van der Waals surface area contributed by atoms with E-state index in [2.05, 4.69) is 18.3 Å². The topological polar surface area (TPSA) is 32.3 Å². The van der Waals surface area contributed by atoms with Gasteiger partial charge in [0.2, 0.25) is 0 Å². The predicted octanol–water partition coefficient (Wildman–Crippen LogP) is 1.82. The third kappa shape index (κ3) is 1.68. The van der Waals surface area contributed by atoms with Gasteiger partial charge in [-0.1, -0.05) is 12.1 Å². The molecule has 2 nitrogen and oxygen atoms in total. The Morgan fingerprint density at radius 3 is 3.15 bits per heavy atom. The normalized spacial score (nSPS) is 22.1. The van der Waals surface area contributed by atoms with Gasteiger partial charge in [0.1, 0.15) is 5.75 Å². The molecule has 1 unspecified atom stereocenters. The highest BCUT2D eigenvalue weighted by Crippen LogP contribution is 2.25. The smallest absolute Gasteiger partial charge is 0.119 e. The lowest BCUT2D eigenvalue weighted by Crippen LogP contribution is -2.23. The SMILES string of the molecule is CC1CCc2c(O)cccc2CN1. The Kier molecular flexibility index (Phi) is 2.23. The van der Waals surface area contributed by atoms with Crippen LogP contribution in [0.15, 0.2) is 18.2 Å². The van der Waals surface area contributed by atoms with E-state index in [1.54, 1.807) is 6.07 Å². The maximum absolute atomic E-state index is 9.64. The van der Waals surface area contributed by atoms with Crippen LogP contribution in [0.3, 0.4) is 0 Å². The molecule has 2 rings (SSSR count). The molecule has 13 heavy (non-hydrogen) atoms. The van der Waals surface area contributed by atoms with E-state index in [1.807, 2.05) is 6.07 Å². The van der Waals surface area contributed by atoms with Crippen molar-refractivity contribution in [3.63, 3.8) is 0 Å². The van der Waals surface area contributed by atoms with Gasteiger partial charge < -0.3 is 10.4 Å². The van der Waals surface area contributed by atoms with Gasteiger partial charge in [0.25, 0.3) is 0 Å². The van der Waals surface area contributed by atoms with E-state index >= 15 is 0 Å². The first-order chi connectivity index (χ1) is 6.27. The molecule has 1 aromatic carbocycles. The molecular formula is C11H15NO. The number of aromatic hydroxyl groups is 1. The van der Waals surface area contributed by atoms with Gasteiger partial charge in [0, 0.05) is 12.6 Å². The average molecular weight is 177 g/mol. The standard InChI is InChI=1S/C11H15NO/c1-8-5-6-10-9(7-12-8)3-2-4-11(10)13/h2-4,8,12-13H,5-7H2,1H3. The van der Waals surface area contributed by atoms with Crippen molar-refractivity contribution in [2.45, 2.75) is 32.4 Å². The van der Waals surface area contributed by atoms with Crippen LogP contribution in [0.5, 0.6) is 5.75 Å². The molecule has 1 aliphatic heterocycles. The molecule has 2 heteroatoms. The minimum absolute atomic E-state index is 0.452. The lowest BCUT2D eigenvalue weighted by atomic mass is 10.0. The first-order valence-corrected chi connectivity index (χ1v) is 4.80. The fourth-order valence-electron chi connectivity index (χ4n) is 1.82. The van der Waals surface area contributed by atoms with Gasteiger partial charge in [0.15, 0.2) is 0 Å². The highest BCUT2D eigenvalue weighted by Gasteiger charge is 2.13. The van der Waals surface area contributed by atoms with Gasteiger partial charge in [0.05, 0.1) is 0 Å². The second kappa shape index (κ2) is 3.38. The first-order valence-electron chi connectivity index (χ1n) is 4.80. The van der Waals surface area contributed by atoms with Gasteiger partial charge in [-0.2, -0.15) is 0 Å². The van der Waals surface area contributed by atoms with Gasteiger partial charge in [-0.3, -0.25) is 0 Å². The Morgan fingerprint density at radius 1 is 1.46 bits per heavy atom. The summed E-state index contributed by atoms with van der Waals surface area (Å²) in [6, 6.07) is 6.31. The summed E-state index contributed by atoms with van der Waals surface area (Å²) in [5, 5.41) is 13.1. The Hall–Kier alpha value is -1.02. The zero-order valence-electron chi connectivity index (χ0n) is 7.88. The maximum atomic E-state index is 9.64. The van der Waals surface area contributed by atoms with Crippen LogP contribution in [-0.2, 0) is 13.0 Å². The minimum Gasteiger partial charge on any atom is -0.508 e. The molecule has 1 heterocycles. The highest BCUT2D eigenvalue weighted by atomic mass is 16.3. The van der Waals surface area contributed by atoms with Crippen LogP contribution in [0.25, 0.3) is 0 Å². The number of rotatable bonds is 0. The molecule has 0 bridgehead atoms. The summed E-state index contributed by atoms with van der Waals surface area (Å²) in [7, 11) is 0. The fraction of sp³-hybridized carbons (Fsp3) is 0.455. The van der Waals surface area contributed by atoms with Crippen molar-refractivity contribution in [2.75, 3.05) is 0 Å². The van der Waals surface area contributed by atoms with Crippen LogP contribution in [0, 0.1) is 0 Å². The Morgan fingerprint density at radius 2 is 2.31 bits per heavy atom. The molecule has 0 spiro atoms. The monoisotopic (exact) mass is 177 g/mol. The van der Waals surface area contributed by atoms with Crippen LogP contribution in [0.2, 0.25) is 0 Å². The quantitative estimate of drug-likeness (QED) is 0.633. The van der Waals surface area contributed by atoms with E-state index in [4.69, 9.17) is 0 Å². The first kappa shape index (κ1) is 8.57. The number of benzene rings is 1. The fourth-order valence-corrected chi connectivity index (χ4v) is 1.82. The molecule has 1 aliphatic rings. The number of phenols is 1. The minimum atomic E-state index is 0.452. The Labute approximate surface area is 78.6 Å². The highest BCUT2D eigenvalue weighted by molar-refractivity contribution is 5.39. The second-order valence-electron chi connectivity index (χ2n) is 3.74. The number of fused-ring (bicyclic) bond motifs is 1. The van der Waals surface area contributed by atoms with Crippen LogP contribution in [-0.4, -0.2) is 11.1 Å². The summed E-state index contributed by atoms with van der Waals surface area (Å²) >= 11 is 0. The molecule has 0 radical (unpaired) electrons. The molecular weight excluding hydrogens is 162 g/mol. The van der Waals surface area contributed by atoms with Crippen molar-refractivity contribution in [3.8, 4) is 5.75 Å². The van der Waals surface area contributed by atoms with Crippen molar-refractivity contribution in [2.24, 2.45) is 0 Å². The maximum Gasteiger partial charge on any atom is 0.119 e. The summed E-state index contributed by atoms with van der Waals surface area (Å²) in [5.74, 6) is 0.452. The van der Waals surface area contributed by atoms with Crippen molar-refractivity contribution in [1.82, 2.24) is 5.32 Å². The molecule has 0 amide bonds. The number of nitrogens with one attached hydrogen (secondary N) is 1. The molecule has 0 saturated heterocycles. The van der Waals surface area contributed by atoms with Crippen molar-refractivity contribution >= 4 is 0 Å². The van der Waals surface area contributed by atoms with E-state index in [0.29, 0.717) is 11.8 Å². The van der Waals surface area contributed by atoms with E-state index in [0.717, 1.165) is 24.9 Å². The van der Waals surface area contributed by atoms with Gasteiger partial charge in [-0.05, 0) is 37.0 Å². The van der Waals surface area contributed by atoms with Crippen molar-refractivity contribution in [3.05, 3.63) is 29.3 Å². The van der Waals surface area contributed by atoms with Crippen molar-refractivity contribution in [1.29, 1.82) is 0 Å². The van der Waals surface area contributed by atoms with E-state index in [1.165, 1.54) is 5.56 Å². The molecule has 0 aromatic heterocycles. The zero-order chi connectivity index (χ0) is 9.26. The second-order valence-corrected chi connectivity index (χ2v) is 3.74. The Balaban J connectivity index is 2.35. The Bertz CT molecular complexity index is 309. The molecule has 2 N–H and O–H groups in total. The number of phenolic OH excluding ortho intramolecular Hbond substituents is 1. The molecule has 1 atom stereocenters. The van der Waals surface area contributed by atoms with Gasteiger partial charge in [-0.15, -0.1) is 0 Å². The van der Waals surface area contributed by atoms with E-state index < -0.39 is 0 Å². The van der Waals surface area contributed by atoms with Crippen LogP contribution in [0.1, 0.15) is 24.5 Å². The molecule has 70 valence electrons. The third-order valence-corrected chi connectivity index (χ3v) is 2.72. The van der Waals surface area contributed by atoms with Gasteiger partial charge >= 0.3 is 0 Å². The average Bonchev–Trinajstić information content (AvgIpc) is 2.30. The largest absolute Gasteiger partial charge is 0.508 e.